The molecule has 3 heterocycles. The fourth-order valence-electron chi connectivity index (χ4n) is 2.68. The van der Waals surface area contributed by atoms with Crippen molar-refractivity contribution in [3.05, 3.63) is 37.6 Å². The molecular weight excluding hydrogens is 314 g/mol. The first-order valence-electron chi connectivity index (χ1n) is 7.94. The number of hydrogen-bond donors (Lipinski definition) is 0. The van der Waals surface area contributed by atoms with Crippen LogP contribution in [0, 0.1) is 0 Å². The van der Waals surface area contributed by atoms with Crippen LogP contribution in [0.3, 0.4) is 0 Å². The number of rotatable bonds is 9. The predicted octanol–water partition coefficient (Wildman–Crippen LogP) is 1.17. The van der Waals surface area contributed by atoms with Crippen LogP contribution in [0.15, 0.2) is 37.6 Å². The van der Waals surface area contributed by atoms with Crippen LogP contribution in [0.2, 0.25) is 0 Å². The SMILES string of the molecule is C=CCOCC1CN2CCO[Si](C=C)(O1)OC(COCC=C)C2. The van der Waals surface area contributed by atoms with Gasteiger partial charge in [-0.3, -0.25) is 4.90 Å². The average Bonchev–Trinajstić information content (AvgIpc) is 2.49. The van der Waals surface area contributed by atoms with Crippen molar-refractivity contribution in [1.82, 2.24) is 4.90 Å². The van der Waals surface area contributed by atoms with E-state index in [2.05, 4.69) is 24.6 Å². The third kappa shape index (κ3) is 5.65. The first kappa shape index (κ1) is 18.5. The lowest BCUT2D eigenvalue weighted by Gasteiger charge is -2.43. The second kappa shape index (κ2) is 9.48. The minimum atomic E-state index is -2.92. The summed E-state index contributed by atoms with van der Waals surface area (Å²) in [4.78, 5) is 2.27. The van der Waals surface area contributed by atoms with Crippen molar-refractivity contribution >= 4 is 8.80 Å². The number of ether oxygens (including phenoxy) is 2. The summed E-state index contributed by atoms with van der Waals surface area (Å²) in [7, 11) is -2.92. The second-order valence-corrected chi connectivity index (χ2v) is 7.92. The van der Waals surface area contributed by atoms with Gasteiger partial charge in [0.2, 0.25) is 0 Å². The minimum absolute atomic E-state index is 0.102. The first-order valence-corrected chi connectivity index (χ1v) is 9.74. The standard InChI is InChI=1S/C16H27NO5Si/c1-4-8-18-13-15-11-17-7-10-20-23(6-3,21-15)22-16(12-17)14-19-9-5-2/h4-6,15-16H,1-3,7-14H2. The van der Waals surface area contributed by atoms with Crippen molar-refractivity contribution in [1.29, 1.82) is 0 Å². The normalized spacial score (nSPS) is 34.2. The monoisotopic (exact) mass is 341 g/mol. The van der Waals surface area contributed by atoms with Gasteiger partial charge in [-0.2, -0.15) is 0 Å². The van der Waals surface area contributed by atoms with E-state index in [4.69, 9.17) is 22.8 Å². The summed E-state index contributed by atoms with van der Waals surface area (Å²) >= 11 is 0. The molecule has 3 fully saturated rings. The van der Waals surface area contributed by atoms with Gasteiger partial charge < -0.3 is 22.8 Å². The molecule has 2 bridgehead atoms. The van der Waals surface area contributed by atoms with Gasteiger partial charge in [0, 0.05) is 19.6 Å². The molecule has 2 atom stereocenters. The van der Waals surface area contributed by atoms with Crippen LogP contribution in [0.25, 0.3) is 0 Å². The van der Waals surface area contributed by atoms with Gasteiger partial charge in [-0.1, -0.05) is 18.7 Å². The first-order chi connectivity index (χ1) is 11.2. The molecule has 0 radical (unpaired) electrons. The Morgan fingerprint density at radius 3 is 2.04 bits per heavy atom. The number of nitrogens with zero attached hydrogens (tertiary/aromatic N) is 1. The Hall–Kier alpha value is -0.803. The summed E-state index contributed by atoms with van der Waals surface area (Å²) < 4.78 is 29.4. The lowest BCUT2D eigenvalue weighted by molar-refractivity contribution is -0.0915. The highest BCUT2D eigenvalue weighted by Crippen LogP contribution is 2.23. The molecule has 23 heavy (non-hydrogen) atoms. The van der Waals surface area contributed by atoms with E-state index in [9.17, 15) is 0 Å². The Morgan fingerprint density at radius 2 is 1.57 bits per heavy atom. The zero-order valence-corrected chi connectivity index (χ0v) is 14.7. The molecule has 3 saturated heterocycles. The molecule has 7 heteroatoms. The Kier molecular flexibility index (Phi) is 7.64. The Labute approximate surface area is 139 Å². The summed E-state index contributed by atoms with van der Waals surface area (Å²) in [5.41, 5.74) is 1.70. The highest BCUT2D eigenvalue weighted by molar-refractivity contribution is 6.66. The lowest BCUT2D eigenvalue weighted by atomic mass is 10.3. The van der Waals surface area contributed by atoms with Crippen LogP contribution < -0.4 is 0 Å². The van der Waals surface area contributed by atoms with Gasteiger partial charge in [0.05, 0.1) is 45.2 Å². The Balaban J connectivity index is 2.04. The minimum Gasteiger partial charge on any atom is -0.375 e. The maximum absolute atomic E-state index is 6.18. The fourth-order valence-corrected chi connectivity index (χ4v) is 4.77. The molecule has 0 aliphatic carbocycles. The molecule has 0 amide bonds. The maximum atomic E-state index is 6.18. The third-order valence-electron chi connectivity index (χ3n) is 3.63. The van der Waals surface area contributed by atoms with Crippen LogP contribution in [0.1, 0.15) is 0 Å². The van der Waals surface area contributed by atoms with Gasteiger partial charge in [-0.15, -0.1) is 13.2 Å². The molecule has 3 rings (SSSR count). The molecule has 3 aliphatic rings. The van der Waals surface area contributed by atoms with Crippen LogP contribution in [0.4, 0.5) is 0 Å². The quantitative estimate of drug-likeness (QED) is 0.356. The van der Waals surface area contributed by atoms with Gasteiger partial charge in [0.1, 0.15) is 0 Å². The molecular formula is C16H27NO5Si. The highest BCUT2D eigenvalue weighted by atomic mass is 28.4. The van der Waals surface area contributed by atoms with E-state index in [0.29, 0.717) is 33.0 Å². The fraction of sp³-hybridized carbons (Fsp3) is 0.625. The Bertz CT molecular complexity index is 380. The molecule has 3 aliphatic heterocycles. The Morgan fingerprint density at radius 1 is 1.00 bits per heavy atom. The van der Waals surface area contributed by atoms with E-state index in [1.165, 1.54) is 0 Å². The molecule has 0 N–H and O–H groups in total. The molecule has 6 nitrogen and oxygen atoms in total. The van der Waals surface area contributed by atoms with E-state index in [-0.39, 0.29) is 12.2 Å². The van der Waals surface area contributed by atoms with Crippen molar-refractivity contribution in [2.45, 2.75) is 12.2 Å². The smallest absolute Gasteiger partial charge is 0.375 e. The molecule has 0 aromatic heterocycles. The molecule has 0 spiro atoms. The lowest BCUT2D eigenvalue weighted by Crippen LogP contribution is -2.61. The topological polar surface area (TPSA) is 49.4 Å². The van der Waals surface area contributed by atoms with Crippen molar-refractivity contribution in [2.75, 3.05) is 52.7 Å². The zero-order valence-electron chi connectivity index (χ0n) is 13.7. The van der Waals surface area contributed by atoms with Gasteiger partial charge in [0.25, 0.3) is 0 Å². The molecule has 0 aromatic rings. The van der Waals surface area contributed by atoms with Crippen molar-refractivity contribution in [3.63, 3.8) is 0 Å². The van der Waals surface area contributed by atoms with Crippen LogP contribution >= 0.6 is 0 Å². The number of hydrogen-bond acceptors (Lipinski definition) is 6. The van der Waals surface area contributed by atoms with E-state index in [1.807, 2.05) is 0 Å². The second-order valence-electron chi connectivity index (χ2n) is 5.55. The van der Waals surface area contributed by atoms with E-state index in [0.717, 1.165) is 19.6 Å². The van der Waals surface area contributed by atoms with Crippen molar-refractivity contribution < 1.29 is 22.8 Å². The summed E-state index contributed by atoms with van der Waals surface area (Å²) in [5, 5.41) is 0. The average molecular weight is 341 g/mol. The summed E-state index contributed by atoms with van der Waals surface area (Å²) in [6.45, 7) is 16.1. The van der Waals surface area contributed by atoms with Gasteiger partial charge in [0.15, 0.2) is 0 Å². The molecule has 2 unspecified atom stereocenters. The van der Waals surface area contributed by atoms with Crippen LogP contribution in [-0.4, -0.2) is 78.6 Å². The largest absolute Gasteiger partial charge is 0.529 e. The van der Waals surface area contributed by atoms with Crippen molar-refractivity contribution in [3.8, 4) is 0 Å². The number of fused-ring (bicyclic) bond motifs is 6. The maximum Gasteiger partial charge on any atom is 0.529 e. The summed E-state index contributed by atoms with van der Waals surface area (Å²) in [6.07, 6.45) is 3.25. The summed E-state index contributed by atoms with van der Waals surface area (Å²) in [5.74, 6) is 0. The molecule has 0 aromatic carbocycles. The van der Waals surface area contributed by atoms with Gasteiger partial charge in [-0.05, 0) is 5.70 Å². The predicted molar refractivity (Wildman–Crippen MR) is 90.1 cm³/mol. The van der Waals surface area contributed by atoms with Crippen LogP contribution in [0.5, 0.6) is 0 Å². The molecule has 0 saturated carbocycles. The van der Waals surface area contributed by atoms with E-state index >= 15 is 0 Å². The summed E-state index contributed by atoms with van der Waals surface area (Å²) in [6, 6.07) is 0. The van der Waals surface area contributed by atoms with Crippen LogP contribution in [-0.2, 0) is 22.8 Å². The van der Waals surface area contributed by atoms with E-state index in [1.54, 1.807) is 17.9 Å². The van der Waals surface area contributed by atoms with Crippen molar-refractivity contribution in [2.24, 2.45) is 0 Å². The van der Waals surface area contributed by atoms with Gasteiger partial charge >= 0.3 is 8.80 Å². The van der Waals surface area contributed by atoms with Gasteiger partial charge in [-0.25, -0.2) is 0 Å². The zero-order chi connectivity index (χ0) is 16.5. The van der Waals surface area contributed by atoms with E-state index < -0.39 is 8.80 Å². The molecule has 130 valence electrons. The highest BCUT2D eigenvalue weighted by Gasteiger charge is 2.46. The third-order valence-corrected chi connectivity index (χ3v) is 6.06.